The molecule has 2 N–H and O–H groups in total. The van der Waals surface area contributed by atoms with E-state index in [1.54, 1.807) is 17.5 Å². The normalized spacial score (nSPS) is 10.9. The number of anilines is 2. The number of imidazole rings is 1. The summed E-state index contributed by atoms with van der Waals surface area (Å²) in [6.07, 6.45) is 5.60. The molecule has 0 amide bonds. The van der Waals surface area contributed by atoms with Gasteiger partial charge in [-0.1, -0.05) is 11.6 Å². The Balaban J connectivity index is 1.87. The number of hydrogen-bond donors (Lipinski definition) is 2. The molecule has 7 heteroatoms. The highest BCUT2D eigenvalue weighted by atomic mass is 35.5. The Morgan fingerprint density at radius 2 is 2.25 bits per heavy atom. The van der Waals surface area contributed by atoms with Crippen LogP contribution in [-0.2, 0) is 6.54 Å². The summed E-state index contributed by atoms with van der Waals surface area (Å²) in [6, 6.07) is 3.91. The van der Waals surface area contributed by atoms with E-state index in [4.69, 9.17) is 11.6 Å². The standard InChI is InChI=1S/C13H14ClN5S/c1-2-15-11-8-19-6-5-16-13(19)12(18-11)17-7-9-3-4-10(14)20-9/h3-6,8,15H,2,7H2,1H3,(H,17,18). The lowest BCUT2D eigenvalue weighted by molar-refractivity contribution is 1.06. The lowest BCUT2D eigenvalue weighted by atomic mass is 10.4. The molecule has 5 nitrogen and oxygen atoms in total. The Labute approximate surface area is 125 Å². The molecule has 0 aliphatic rings. The first-order valence-corrected chi connectivity index (χ1v) is 7.51. The molecule has 104 valence electrons. The molecule has 0 saturated heterocycles. The Hall–Kier alpha value is -1.79. The van der Waals surface area contributed by atoms with Gasteiger partial charge in [0, 0.05) is 23.8 Å². The van der Waals surface area contributed by atoms with Crippen LogP contribution in [0.2, 0.25) is 4.34 Å². The van der Waals surface area contributed by atoms with Crippen LogP contribution in [0.15, 0.2) is 30.7 Å². The lowest BCUT2D eigenvalue weighted by Gasteiger charge is -2.09. The predicted octanol–water partition coefficient (Wildman–Crippen LogP) is 3.49. The van der Waals surface area contributed by atoms with Crippen molar-refractivity contribution >= 4 is 40.2 Å². The minimum absolute atomic E-state index is 0.683. The summed E-state index contributed by atoms with van der Waals surface area (Å²) >= 11 is 7.50. The SMILES string of the molecule is CCNc1cn2ccnc2c(NCc2ccc(Cl)s2)n1. The van der Waals surface area contributed by atoms with Gasteiger partial charge in [0.25, 0.3) is 0 Å². The Morgan fingerprint density at radius 1 is 1.35 bits per heavy atom. The fourth-order valence-corrected chi connectivity index (χ4v) is 2.96. The zero-order valence-electron chi connectivity index (χ0n) is 10.9. The minimum Gasteiger partial charge on any atom is -0.369 e. The summed E-state index contributed by atoms with van der Waals surface area (Å²) in [4.78, 5) is 10.0. The third-order valence-corrected chi connectivity index (χ3v) is 4.02. The number of aromatic nitrogens is 3. The molecule has 0 bridgehead atoms. The summed E-state index contributed by atoms with van der Waals surface area (Å²) in [5, 5.41) is 6.53. The third kappa shape index (κ3) is 2.71. The summed E-state index contributed by atoms with van der Waals surface area (Å²) in [5.41, 5.74) is 0.814. The Kier molecular flexibility index (Phi) is 3.75. The van der Waals surface area contributed by atoms with E-state index in [1.807, 2.05) is 35.9 Å². The number of halogens is 1. The average Bonchev–Trinajstić information content (AvgIpc) is 3.05. The van der Waals surface area contributed by atoms with Gasteiger partial charge in [-0.3, -0.25) is 0 Å². The molecule has 0 atom stereocenters. The van der Waals surface area contributed by atoms with Crippen LogP contribution in [0.25, 0.3) is 5.65 Å². The maximum Gasteiger partial charge on any atom is 0.180 e. The topological polar surface area (TPSA) is 54.2 Å². The van der Waals surface area contributed by atoms with E-state index >= 15 is 0 Å². The maximum absolute atomic E-state index is 5.93. The number of nitrogens with one attached hydrogen (secondary N) is 2. The lowest BCUT2D eigenvalue weighted by Crippen LogP contribution is -2.07. The van der Waals surface area contributed by atoms with Crippen molar-refractivity contribution in [2.75, 3.05) is 17.2 Å². The van der Waals surface area contributed by atoms with Gasteiger partial charge in [0.15, 0.2) is 11.5 Å². The van der Waals surface area contributed by atoms with Gasteiger partial charge >= 0.3 is 0 Å². The summed E-state index contributed by atoms with van der Waals surface area (Å²) < 4.78 is 2.75. The van der Waals surface area contributed by atoms with Crippen molar-refractivity contribution in [2.24, 2.45) is 0 Å². The number of hydrogen-bond acceptors (Lipinski definition) is 5. The number of fused-ring (bicyclic) bond motifs is 1. The van der Waals surface area contributed by atoms with Crippen LogP contribution in [0.4, 0.5) is 11.6 Å². The van der Waals surface area contributed by atoms with Gasteiger partial charge in [0.05, 0.1) is 17.1 Å². The Morgan fingerprint density at radius 3 is 3.00 bits per heavy atom. The molecule has 3 heterocycles. The van der Waals surface area contributed by atoms with Crippen molar-refractivity contribution in [2.45, 2.75) is 13.5 Å². The van der Waals surface area contributed by atoms with Gasteiger partial charge in [-0.15, -0.1) is 11.3 Å². The van der Waals surface area contributed by atoms with Crippen LogP contribution >= 0.6 is 22.9 Å². The Bertz CT molecular complexity index is 720. The van der Waals surface area contributed by atoms with Gasteiger partial charge in [-0.25, -0.2) is 9.97 Å². The first-order chi connectivity index (χ1) is 9.76. The van der Waals surface area contributed by atoms with E-state index < -0.39 is 0 Å². The van der Waals surface area contributed by atoms with Crippen molar-refractivity contribution in [3.05, 3.63) is 39.9 Å². The fraction of sp³-hybridized carbons (Fsp3) is 0.231. The van der Waals surface area contributed by atoms with Crippen molar-refractivity contribution in [3.63, 3.8) is 0 Å². The van der Waals surface area contributed by atoms with Crippen LogP contribution < -0.4 is 10.6 Å². The second-order valence-corrected chi connectivity index (χ2v) is 6.02. The molecular weight excluding hydrogens is 294 g/mol. The first kappa shape index (κ1) is 13.2. The molecule has 20 heavy (non-hydrogen) atoms. The molecule has 0 aliphatic carbocycles. The zero-order chi connectivity index (χ0) is 13.9. The third-order valence-electron chi connectivity index (χ3n) is 2.79. The molecular formula is C13H14ClN5S. The monoisotopic (exact) mass is 307 g/mol. The minimum atomic E-state index is 0.683. The summed E-state index contributed by atoms with van der Waals surface area (Å²) in [7, 11) is 0. The quantitative estimate of drug-likeness (QED) is 0.757. The van der Waals surface area contributed by atoms with Crippen LogP contribution in [0, 0.1) is 0 Å². The van der Waals surface area contributed by atoms with Gasteiger partial charge in [0.1, 0.15) is 5.82 Å². The largest absolute Gasteiger partial charge is 0.369 e. The van der Waals surface area contributed by atoms with E-state index in [1.165, 1.54) is 0 Å². The first-order valence-electron chi connectivity index (χ1n) is 6.32. The number of nitrogens with zero attached hydrogens (tertiary/aromatic N) is 3. The van der Waals surface area contributed by atoms with Crippen LogP contribution in [0.1, 0.15) is 11.8 Å². The molecule has 0 saturated carbocycles. The van der Waals surface area contributed by atoms with E-state index in [0.717, 1.165) is 33.0 Å². The average molecular weight is 308 g/mol. The molecule has 0 fully saturated rings. The van der Waals surface area contributed by atoms with E-state index in [9.17, 15) is 0 Å². The molecule has 3 aromatic rings. The van der Waals surface area contributed by atoms with Crippen LogP contribution in [0.3, 0.4) is 0 Å². The summed E-state index contributed by atoms with van der Waals surface area (Å²) in [6.45, 7) is 3.55. The molecule has 3 aromatic heterocycles. The van der Waals surface area contributed by atoms with Crippen molar-refractivity contribution in [1.82, 2.24) is 14.4 Å². The van der Waals surface area contributed by atoms with E-state index in [0.29, 0.717) is 6.54 Å². The van der Waals surface area contributed by atoms with Crippen molar-refractivity contribution in [3.8, 4) is 0 Å². The molecule has 0 unspecified atom stereocenters. The van der Waals surface area contributed by atoms with Crippen LogP contribution in [-0.4, -0.2) is 20.9 Å². The molecule has 0 spiro atoms. The highest BCUT2D eigenvalue weighted by molar-refractivity contribution is 7.16. The summed E-state index contributed by atoms with van der Waals surface area (Å²) in [5.74, 6) is 1.59. The van der Waals surface area contributed by atoms with Crippen molar-refractivity contribution < 1.29 is 0 Å². The smallest absolute Gasteiger partial charge is 0.180 e. The van der Waals surface area contributed by atoms with Gasteiger partial charge < -0.3 is 15.0 Å². The van der Waals surface area contributed by atoms with Crippen molar-refractivity contribution in [1.29, 1.82) is 0 Å². The van der Waals surface area contributed by atoms with Gasteiger partial charge in [-0.2, -0.15) is 0 Å². The highest BCUT2D eigenvalue weighted by Gasteiger charge is 2.07. The van der Waals surface area contributed by atoms with Gasteiger partial charge in [-0.05, 0) is 19.1 Å². The predicted molar refractivity (Wildman–Crippen MR) is 83.8 cm³/mol. The highest BCUT2D eigenvalue weighted by Crippen LogP contribution is 2.23. The second kappa shape index (κ2) is 5.68. The number of rotatable bonds is 5. The van der Waals surface area contributed by atoms with Gasteiger partial charge in [0.2, 0.25) is 0 Å². The molecule has 0 aromatic carbocycles. The fourth-order valence-electron chi connectivity index (χ4n) is 1.93. The molecule has 0 aliphatic heterocycles. The second-order valence-electron chi connectivity index (χ2n) is 4.22. The molecule has 3 rings (SSSR count). The van der Waals surface area contributed by atoms with E-state index in [2.05, 4.69) is 20.6 Å². The van der Waals surface area contributed by atoms with Crippen LogP contribution in [0.5, 0.6) is 0 Å². The molecule has 0 radical (unpaired) electrons. The van der Waals surface area contributed by atoms with E-state index in [-0.39, 0.29) is 0 Å². The maximum atomic E-state index is 5.93. The zero-order valence-corrected chi connectivity index (χ0v) is 12.5. The number of thiophene rings is 1.